The van der Waals surface area contributed by atoms with Crippen molar-refractivity contribution in [3.8, 4) is 0 Å². The van der Waals surface area contributed by atoms with Crippen LogP contribution in [0, 0.1) is 0 Å². The number of rotatable bonds is 6. The van der Waals surface area contributed by atoms with Crippen molar-refractivity contribution in [1.82, 2.24) is 15.5 Å². The van der Waals surface area contributed by atoms with Gasteiger partial charge in [0.15, 0.2) is 0 Å². The molecule has 0 radical (unpaired) electrons. The number of hydrogen-bond acceptors (Lipinski definition) is 4. The van der Waals surface area contributed by atoms with Crippen molar-refractivity contribution >= 4 is 6.09 Å². The summed E-state index contributed by atoms with van der Waals surface area (Å²) in [5, 5.41) is 6.43. The molecule has 0 aromatic rings. The molecule has 1 saturated heterocycles. The summed E-state index contributed by atoms with van der Waals surface area (Å²) >= 11 is 0. The largest absolute Gasteiger partial charge is 0.444 e. The van der Waals surface area contributed by atoms with Gasteiger partial charge in [0.2, 0.25) is 0 Å². The third kappa shape index (κ3) is 7.67. The zero-order valence-corrected chi connectivity index (χ0v) is 14.4. The predicted molar refractivity (Wildman–Crippen MR) is 86.6 cm³/mol. The summed E-state index contributed by atoms with van der Waals surface area (Å²) in [6.07, 6.45) is 4.47. The van der Waals surface area contributed by atoms with Gasteiger partial charge in [-0.1, -0.05) is 13.3 Å². The third-order valence-corrected chi connectivity index (χ3v) is 3.91. The number of likely N-dealkylation sites (N-methyl/N-ethyl adjacent to an activating group) is 1. The van der Waals surface area contributed by atoms with Gasteiger partial charge in [0.05, 0.1) is 0 Å². The van der Waals surface area contributed by atoms with E-state index in [0.717, 1.165) is 19.5 Å². The van der Waals surface area contributed by atoms with E-state index < -0.39 is 5.60 Å². The van der Waals surface area contributed by atoms with Crippen LogP contribution in [0.4, 0.5) is 4.79 Å². The Morgan fingerprint density at radius 2 is 2.10 bits per heavy atom. The number of likely N-dealkylation sites (tertiary alicyclic amines) is 1. The molecule has 124 valence electrons. The number of alkyl carbamates (subject to hydrolysis) is 1. The summed E-state index contributed by atoms with van der Waals surface area (Å²) in [7, 11) is 2.20. The number of hydrogen-bond donors (Lipinski definition) is 2. The molecule has 2 atom stereocenters. The van der Waals surface area contributed by atoms with Crippen LogP contribution in [0.2, 0.25) is 0 Å². The van der Waals surface area contributed by atoms with Crippen molar-refractivity contribution in [3.63, 3.8) is 0 Å². The molecule has 1 aliphatic heterocycles. The number of nitrogens with one attached hydrogen (secondary N) is 2. The van der Waals surface area contributed by atoms with Crippen LogP contribution in [0.3, 0.4) is 0 Å². The first kappa shape index (κ1) is 18.2. The molecule has 5 nitrogen and oxygen atoms in total. The minimum atomic E-state index is -0.444. The Hall–Kier alpha value is -0.810. The lowest BCUT2D eigenvalue weighted by Gasteiger charge is -2.33. The van der Waals surface area contributed by atoms with E-state index in [1.165, 1.54) is 25.8 Å². The molecule has 0 aromatic carbocycles. The maximum absolute atomic E-state index is 11.8. The molecule has 1 rings (SSSR count). The lowest BCUT2D eigenvalue weighted by atomic mass is 10.0. The highest BCUT2D eigenvalue weighted by Gasteiger charge is 2.20. The second-order valence-electron chi connectivity index (χ2n) is 7.04. The number of amides is 1. The molecule has 21 heavy (non-hydrogen) atoms. The Morgan fingerprint density at radius 1 is 1.38 bits per heavy atom. The maximum atomic E-state index is 11.8. The van der Waals surface area contributed by atoms with Gasteiger partial charge in [-0.3, -0.25) is 0 Å². The molecule has 2 unspecified atom stereocenters. The standard InChI is InChI=1S/C16H33N3O2/c1-6-13(18-15(20)21-16(2,3)4)11-17-12-14-9-7-8-10-19(14)5/h13-14,17H,6-12H2,1-5H3,(H,18,20). The van der Waals surface area contributed by atoms with Crippen molar-refractivity contribution in [2.45, 2.75) is 71.1 Å². The van der Waals surface area contributed by atoms with E-state index in [-0.39, 0.29) is 12.1 Å². The van der Waals surface area contributed by atoms with Crippen LogP contribution in [0.15, 0.2) is 0 Å². The Kier molecular flexibility index (Phi) is 7.46. The van der Waals surface area contributed by atoms with E-state index in [2.05, 4.69) is 29.5 Å². The average molecular weight is 299 g/mol. The molecule has 1 fully saturated rings. The topological polar surface area (TPSA) is 53.6 Å². The third-order valence-electron chi connectivity index (χ3n) is 3.91. The van der Waals surface area contributed by atoms with Crippen molar-refractivity contribution in [3.05, 3.63) is 0 Å². The fourth-order valence-corrected chi connectivity index (χ4v) is 2.60. The number of nitrogens with zero attached hydrogens (tertiary/aromatic N) is 1. The van der Waals surface area contributed by atoms with E-state index in [0.29, 0.717) is 6.04 Å². The molecular weight excluding hydrogens is 266 g/mol. The van der Waals surface area contributed by atoms with Gasteiger partial charge in [-0.2, -0.15) is 0 Å². The lowest BCUT2D eigenvalue weighted by molar-refractivity contribution is 0.0502. The molecule has 0 saturated carbocycles. The first-order chi connectivity index (χ1) is 9.81. The van der Waals surface area contributed by atoms with Gasteiger partial charge in [0, 0.05) is 25.2 Å². The predicted octanol–water partition coefficient (Wildman–Crippen LogP) is 2.36. The average Bonchev–Trinajstić information content (AvgIpc) is 2.37. The van der Waals surface area contributed by atoms with Gasteiger partial charge in [-0.15, -0.1) is 0 Å². The Labute approximate surface area is 129 Å². The highest BCUT2D eigenvalue weighted by Crippen LogP contribution is 2.14. The minimum absolute atomic E-state index is 0.119. The number of carbonyl (C=O) groups is 1. The van der Waals surface area contributed by atoms with Gasteiger partial charge in [0.1, 0.15) is 5.60 Å². The summed E-state index contributed by atoms with van der Waals surface area (Å²) in [6, 6.07) is 0.742. The second kappa shape index (κ2) is 8.59. The molecule has 0 aliphatic carbocycles. The number of piperidine rings is 1. The summed E-state index contributed by atoms with van der Waals surface area (Å²) in [5.41, 5.74) is -0.444. The second-order valence-corrected chi connectivity index (χ2v) is 7.04. The number of ether oxygens (including phenoxy) is 1. The molecular formula is C16H33N3O2. The van der Waals surface area contributed by atoms with Crippen LogP contribution < -0.4 is 10.6 Å². The van der Waals surface area contributed by atoms with E-state index in [1.54, 1.807) is 0 Å². The monoisotopic (exact) mass is 299 g/mol. The summed E-state index contributed by atoms with van der Waals surface area (Å²) in [6.45, 7) is 10.7. The highest BCUT2D eigenvalue weighted by atomic mass is 16.6. The molecule has 2 N–H and O–H groups in total. The van der Waals surface area contributed by atoms with E-state index in [1.807, 2.05) is 20.8 Å². The molecule has 1 heterocycles. The minimum Gasteiger partial charge on any atom is -0.444 e. The van der Waals surface area contributed by atoms with Gasteiger partial charge in [0.25, 0.3) is 0 Å². The van der Waals surface area contributed by atoms with E-state index in [9.17, 15) is 4.79 Å². The van der Waals surface area contributed by atoms with Gasteiger partial charge < -0.3 is 20.3 Å². The Balaban J connectivity index is 2.25. The number of carbonyl (C=O) groups excluding carboxylic acids is 1. The van der Waals surface area contributed by atoms with E-state index in [4.69, 9.17) is 4.74 Å². The molecule has 0 aromatic heterocycles. The normalized spacial score (nSPS) is 21.9. The highest BCUT2D eigenvalue weighted by molar-refractivity contribution is 5.68. The van der Waals surface area contributed by atoms with Crippen molar-refractivity contribution in [2.75, 3.05) is 26.7 Å². The van der Waals surface area contributed by atoms with Crippen LogP contribution in [0.5, 0.6) is 0 Å². The van der Waals surface area contributed by atoms with Crippen molar-refractivity contribution in [2.24, 2.45) is 0 Å². The zero-order chi connectivity index (χ0) is 15.9. The molecule has 0 bridgehead atoms. The summed E-state index contributed by atoms with van der Waals surface area (Å²) in [4.78, 5) is 14.2. The molecule has 5 heteroatoms. The summed E-state index contributed by atoms with van der Waals surface area (Å²) < 4.78 is 5.30. The smallest absolute Gasteiger partial charge is 0.407 e. The summed E-state index contributed by atoms with van der Waals surface area (Å²) in [5.74, 6) is 0. The SMILES string of the molecule is CCC(CNCC1CCCCN1C)NC(=O)OC(C)(C)C. The fourth-order valence-electron chi connectivity index (χ4n) is 2.60. The van der Waals surface area contributed by atoms with Crippen LogP contribution >= 0.6 is 0 Å². The van der Waals surface area contributed by atoms with Crippen LogP contribution in [0.1, 0.15) is 53.4 Å². The Bertz CT molecular complexity index is 315. The lowest BCUT2D eigenvalue weighted by Crippen LogP contribution is -2.48. The van der Waals surface area contributed by atoms with Gasteiger partial charge in [-0.25, -0.2) is 4.79 Å². The maximum Gasteiger partial charge on any atom is 0.407 e. The van der Waals surface area contributed by atoms with Crippen LogP contribution in [-0.4, -0.2) is 55.4 Å². The Morgan fingerprint density at radius 3 is 2.67 bits per heavy atom. The van der Waals surface area contributed by atoms with Crippen molar-refractivity contribution < 1.29 is 9.53 Å². The van der Waals surface area contributed by atoms with Gasteiger partial charge in [-0.05, 0) is 53.6 Å². The zero-order valence-electron chi connectivity index (χ0n) is 14.4. The van der Waals surface area contributed by atoms with Gasteiger partial charge >= 0.3 is 6.09 Å². The van der Waals surface area contributed by atoms with E-state index >= 15 is 0 Å². The quantitative estimate of drug-likeness (QED) is 0.790. The van der Waals surface area contributed by atoms with Crippen LogP contribution in [0.25, 0.3) is 0 Å². The first-order valence-electron chi connectivity index (χ1n) is 8.22. The molecule has 0 spiro atoms. The molecule has 1 amide bonds. The molecule has 1 aliphatic rings. The fraction of sp³-hybridized carbons (Fsp3) is 0.938. The van der Waals surface area contributed by atoms with Crippen LogP contribution in [-0.2, 0) is 4.74 Å². The van der Waals surface area contributed by atoms with Crippen molar-refractivity contribution in [1.29, 1.82) is 0 Å². The first-order valence-corrected chi connectivity index (χ1v) is 8.22.